The lowest BCUT2D eigenvalue weighted by atomic mass is 10.2. The molecule has 0 fully saturated rings. The maximum absolute atomic E-state index is 12.7. The molecular weight excluding hydrogens is 421 g/mol. The smallest absolute Gasteiger partial charge is 0.234 e. The summed E-state index contributed by atoms with van der Waals surface area (Å²) in [6, 6.07) is 1.00. The highest BCUT2D eigenvalue weighted by Gasteiger charge is 2.48. The Bertz CT molecular complexity index is 911. The summed E-state index contributed by atoms with van der Waals surface area (Å²) in [5.74, 6) is 0. The molecule has 1 heterocycles. The minimum absolute atomic E-state index is 0.377. The molecule has 0 aliphatic rings. The van der Waals surface area contributed by atoms with Crippen molar-refractivity contribution in [3.05, 3.63) is 39.6 Å². The molecule has 0 N–H and O–H groups in total. The van der Waals surface area contributed by atoms with Crippen molar-refractivity contribution in [2.45, 2.75) is 23.5 Å². The van der Waals surface area contributed by atoms with Gasteiger partial charge in [-0.3, -0.25) is 0 Å². The molecular formula is C12H6Cl2F6N2O2S. The Balaban J connectivity index is 2.67. The van der Waals surface area contributed by atoms with Gasteiger partial charge in [0.05, 0.1) is 27.5 Å². The number of benzene rings is 1. The summed E-state index contributed by atoms with van der Waals surface area (Å²) in [5, 5.41) is 2.33. The topological polar surface area (TPSA) is 52.0 Å². The van der Waals surface area contributed by atoms with Gasteiger partial charge in [-0.25, -0.2) is 13.1 Å². The van der Waals surface area contributed by atoms with Crippen LogP contribution in [-0.4, -0.2) is 23.7 Å². The van der Waals surface area contributed by atoms with Crippen molar-refractivity contribution in [2.75, 3.05) is 0 Å². The molecule has 2 aromatic rings. The fraction of sp³-hybridized carbons (Fsp3) is 0.250. The van der Waals surface area contributed by atoms with Gasteiger partial charge in [-0.15, -0.1) is 0 Å². The maximum atomic E-state index is 12.7. The molecule has 138 valence electrons. The van der Waals surface area contributed by atoms with Crippen molar-refractivity contribution in [3.8, 4) is 5.69 Å². The lowest BCUT2D eigenvalue weighted by Gasteiger charge is -2.14. The van der Waals surface area contributed by atoms with Crippen LogP contribution >= 0.6 is 23.2 Å². The summed E-state index contributed by atoms with van der Waals surface area (Å²) in [4.78, 5) is -1.16. The van der Waals surface area contributed by atoms with Crippen LogP contribution in [0.25, 0.3) is 5.69 Å². The van der Waals surface area contributed by atoms with E-state index in [1.54, 1.807) is 0 Å². The first-order chi connectivity index (χ1) is 11.2. The fourth-order valence-corrected chi connectivity index (χ4v) is 3.50. The normalized spacial score (nSPS) is 13.3. The third kappa shape index (κ3) is 3.44. The highest BCUT2D eigenvalue weighted by Crippen LogP contribution is 2.39. The van der Waals surface area contributed by atoms with Crippen molar-refractivity contribution in [2.24, 2.45) is 0 Å². The molecule has 13 heteroatoms. The molecule has 0 saturated heterocycles. The Kier molecular flexibility index (Phi) is 4.81. The number of rotatable bonds is 2. The molecule has 0 aliphatic heterocycles. The van der Waals surface area contributed by atoms with Gasteiger partial charge in [0.1, 0.15) is 10.6 Å². The van der Waals surface area contributed by atoms with Crippen LogP contribution in [0.1, 0.15) is 11.3 Å². The summed E-state index contributed by atoms with van der Waals surface area (Å²) in [7, 11) is -5.70. The molecule has 0 aliphatic carbocycles. The Morgan fingerprint density at radius 2 is 1.52 bits per heavy atom. The average Bonchev–Trinajstić information content (AvgIpc) is 2.78. The second-order valence-corrected chi connectivity index (χ2v) is 7.47. The van der Waals surface area contributed by atoms with Gasteiger partial charge in [0, 0.05) is 0 Å². The second kappa shape index (κ2) is 6.06. The Hall–Kier alpha value is -1.46. The molecule has 0 unspecified atom stereocenters. The van der Waals surface area contributed by atoms with Gasteiger partial charge >= 0.3 is 11.7 Å². The average molecular weight is 427 g/mol. The summed E-state index contributed by atoms with van der Waals surface area (Å²) in [6.45, 7) is 0.982. The van der Waals surface area contributed by atoms with E-state index in [9.17, 15) is 34.8 Å². The monoisotopic (exact) mass is 426 g/mol. The van der Waals surface area contributed by atoms with Crippen molar-refractivity contribution < 1.29 is 34.8 Å². The quantitative estimate of drug-likeness (QED) is 0.648. The van der Waals surface area contributed by atoms with Crippen molar-refractivity contribution in [3.63, 3.8) is 0 Å². The van der Waals surface area contributed by atoms with Gasteiger partial charge in [0.15, 0.2) is 0 Å². The fourth-order valence-electron chi connectivity index (χ4n) is 1.94. The van der Waals surface area contributed by atoms with E-state index in [0.29, 0.717) is 23.0 Å². The molecule has 0 amide bonds. The molecule has 1 aromatic heterocycles. The summed E-state index contributed by atoms with van der Waals surface area (Å²) < 4.78 is 99.7. The van der Waals surface area contributed by atoms with Crippen LogP contribution in [-0.2, 0) is 16.0 Å². The third-order valence-corrected chi connectivity index (χ3v) is 5.28. The predicted octanol–water partition coefficient (Wildman–Crippen LogP) is 4.80. The maximum Gasteiger partial charge on any atom is 0.502 e. The molecule has 4 nitrogen and oxygen atoms in total. The van der Waals surface area contributed by atoms with Gasteiger partial charge in [0.2, 0.25) is 0 Å². The zero-order chi connectivity index (χ0) is 19.4. The van der Waals surface area contributed by atoms with Gasteiger partial charge in [-0.1, -0.05) is 23.2 Å². The van der Waals surface area contributed by atoms with E-state index in [0.717, 1.165) is 6.92 Å². The first kappa shape index (κ1) is 19.9. The number of nitrogens with zero attached hydrogens (tertiary/aromatic N) is 2. The first-order valence-corrected chi connectivity index (χ1v) is 8.34. The van der Waals surface area contributed by atoms with Crippen molar-refractivity contribution in [1.29, 1.82) is 0 Å². The number of sulfone groups is 1. The number of aromatic nitrogens is 2. The molecule has 0 saturated carbocycles. The number of hydrogen-bond donors (Lipinski definition) is 0. The standard InChI is InChI=1S/C12H6Cl2F6N2O2S/c1-5-9(25(23,24)12(18,19)20)4-21-22(5)10-7(13)2-6(3-8(10)14)11(15,16)17/h2-4H,1H3. The van der Waals surface area contributed by atoms with Crippen LogP contribution in [0.4, 0.5) is 26.3 Å². The lowest BCUT2D eigenvalue weighted by molar-refractivity contribution is -0.137. The van der Waals surface area contributed by atoms with Crippen LogP contribution in [0.3, 0.4) is 0 Å². The zero-order valence-electron chi connectivity index (χ0n) is 11.9. The number of halogens is 8. The van der Waals surface area contributed by atoms with E-state index in [-0.39, 0.29) is 5.69 Å². The third-order valence-electron chi connectivity index (χ3n) is 3.12. The largest absolute Gasteiger partial charge is 0.502 e. The number of alkyl halides is 6. The van der Waals surface area contributed by atoms with Gasteiger partial charge < -0.3 is 0 Å². The van der Waals surface area contributed by atoms with E-state index in [4.69, 9.17) is 23.2 Å². The van der Waals surface area contributed by atoms with E-state index in [1.807, 2.05) is 0 Å². The molecule has 25 heavy (non-hydrogen) atoms. The molecule has 0 bridgehead atoms. The van der Waals surface area contributed by atoms with Crippen molar-refractivity contribution >= 4 is 33.0 Å². The van der Waals surface area contributed by atoms with Crippen molar-refractivity contribution in [1.82, 2.24) is 9.78 Å². The molecule has 1 aromatic carbocycles. The van der Waals surface area contributed by atoms with E-state index >= 15 is 0 Å². The van der Waals surface area contributed by atoms with Crippen LogP contribution in [0.15, 0.2) is 23.2 Å². The summed E-state index contributed by atoms with van der Waals surface area (Å²) in [6.07, 6.45) is -4.34. The van der Waals surface area contributed by atoms with Crippen LogP contribution in [0.5, 0.6) is 0 Å². The molecule has 0 atom stereocenters. The van der Waals surface area contributed by atoms with E-state index in [2.05, 4.69) is 5.10 Å². The summed E-state index contributed by atoms with van der Waals surface area (Å²) >= 11 is 11.5. The highest BCUT2D eigenvalue weighted by atomic mass is 35.5. The van der Waals surface area contributed by atoms with E-state index < -0.39 is 47.7 Å². The number of hydrogen-bond acceptors (Lipinski definition) is 3. The predicted molar refractivity (Wildman–Crippen MR) is 76.6 cm³/mol. The lowest BCUT2D eigenvalue weighted by Crippen LogP contribution is -2.23. The van der Waals surface area contributed by atoms with Crippen LogP contribution in [0.2, 0.25) is 10.0 Å². The molecule has 2 rings (SSSR count). The highest BCUT2D eigenvalue weighted by molar-refractivity contribution is 7.92. The summed E-state index contributed by atoms with van der Waals surface area (Å²) in [5.41, 5.74) is -7.64. The van der Waals surface area contributed by atoms with Gasteiger partial charge in [0.25, 0.3) is 9.84 Å². The Morgan fingerprint density at radius 1 is 1.04 bits per heavy atom. The van der Waals surface area contributed by atoms with Crippen LogP contribution in [0, 0.1) is 6.92 Å². The minimum Gasteiger partial charge on any atom is -0.234 e. The van der Waals surface area contributed by atoms with Gasteiger partial charge in [-0.05, 0) is 19.1 Å². The second-order valence-electron chi connectivity index (χ2n) is 4.74. The Morgan fingerprint density at radius 3 is 1.92 bits per heavy atom. The first-order valence-electron chi connectivity index (χ1n) is 6.10. The SMILES string of the molecule is Cc1c(S(=O)(=O)C(F)(F)F)cnn1-c1c(Cl)cc(C(F)(F)F)cc1Cl. The van der Waals surface area contributed by atoms with E-state index in [1.165, 1.54) is 0 Å². The zero-order valence-corrected chi connectivity index (χ0v) is 14.2. The van der Waals surface area contributed by atoms with Gasteiger partial charge in [-0.2, -0.15) is 31.4 Å². The molecule has 0 spiro atoms. The molecule has 0 radical (unpaired) electrons. The van der Waals surface area contributed by atoms with Crippen LogP contribution < -0.4 is 0 Å². The Labute approximate surface area is 146 Å². The minimum atomic E-state index is -5.70.